The number of carbonyl (C=O) groups is 1. The lowest BCUT2D eigenvalue weighted by molar-refractivity contribution is -0.855. The second-order valence-corrected chi connectivity index (χ2v) is 7.82. The molecule has 1 aromatic rings. The summed E-state index contributed by atoms with van der Waals surface area (Å²) in [5.74, 6) is 1.52. The molecule has 1 heterocycles. The molecule has 0 aliphatic carbocycles. The van der Waals surface area contributed by atoms with E-state index in [0.717, 1.165) is 33.9 Å². The third-order valence-electron chi connectivity index (χ3n) is 2.11. The van der Waals surface area contributed by atoms with Gasteiger partial charge >= 0.3 is 0 Å². The average molecular weight is 322 g/mol. The standard InChI is InChI=1S/C11H20N4OS3/c1-4-5-12-9(16)8-18-11-14-13-10(19-11)17-7-6-15(2)3/h4-8H2,1-3H3,(H,12,16)/p+1. The summed E-state index contributed by atoms with van der Waals surface area (Å²) >= 11 is 4.75. The lowest BCUT2D eigenvalue weighted by atomic mass is 10.5. The van der Waals surface area contributed by atoms with Gasteiger partial charge in [-0.15, -0.1) is 10.2 Å². The number of thioether (sulfide) groups is 2. The van der Waals surface area contributed by atoms with Crippen LogP contribution in [0.3, 0.4) is 0 Å². The van der Waals surface area contributed by atoms with Gasteiger partial charge in [-0.25, -0.2) is 0 Å². The van der Waals surface area contributed by atoms with Gasteiger partial charge in [0.1, 0.15) is 0 Å². The monoisotopic (exact) mass is 321 g/mol. The van der Waals surface area contributed by atoms with E-state index in [4.69, 9.17) is 0 Å². The van der Waals surface area contributed by atoms with Gasteiger partial charge in [0.05, 0.1) is 26.4 Å². The lowest BCUT2D eigenvalue weighted by Gasteiger charge is -2.04. The molecule has 19 heavy (non-hydrogen) atoms. The number of nitrogens with one attached hydrogen (secondary N) is 2. The minimum Gasteiger partial charge on any atom is -0.355 e. The predicted octanol–water partition coefficient (Wildman–Crippen LogP) is 0.393. The predicted molar refractivity (Wildman–Crippen MR) is 82.3 cm³/mol. The number of hydrogen-bond acceptors (Lipinski definition) is 6. The molecule has 5 nitrogen and oxygen atoms in total. The fourth-order valence-corrected chi connectivity index (χ4v) is 4.18. The average Bonchev–Trinajstić information content (AvgIpc) is 2.81. The molecular formula is C11H21N4OS3+. The molecule has 1 amide bonds. The van der Waals surface area contributed by atoms with E-state index in [-0.39, 0.29) is 5.91 Å². The largest absolute Gasteiger partial charge is 0.355 e. The van der Waals surface area contributed by atoms with Crippen molar-refractivity contribution in [3.05, 3.63) is 0 Å². The summed E-state index contributed by atoms with van der Waals surface area (Å²) in [5, 5.41) is 11.1. The molecule has 0 radical (unpaired) electrons. The van der Waals surface area contributed by atoms with Gasteiger partial charge in [0.15, 0.2) is 8.68 Å². The van der Waals surface area contributed by atoms with Gasteiger partial charge in [-0.1, -0.05) is 41.8 Å². The van der Waals surface area contributed by atoms with Gasteiger partial charge in [-0.3, -0.25) is 4.79 Å². The highest BCUT2D eigenvalue weighted by atomic mass is 32.2. The maximum atomic E-state index is 11.4. The molecule has 2 N–H and O–H groups in total. The zero-order chi connectivity index (χ0) is 14.1. The van der Waals surface area contributed by atoms with Gasteiger partial charge < -0.3 is 10.2 Å². The number of carbonyl (C=O) groups excluding carboxylic acids is 1. The molecule has 108 valence electrons. The van der Waals surface area contributed by atoms with Gasteiger partial charge in [-0.2, -0.15) is 0 Å². The van der Waals surface area contributed by atoms with Gasteiger partial charge in [-0.05, 0) is 6.42 Å². The van der Waals surface area contributed by atoms with E-state index in [1.54, 1.807) is 23.1 Å². The molecular weight excluding hydrogens is 300 g/mol. The third-order valence-corrected chi connectivity index (χ3v) is 5.31. The molecule has 0 fully saturated rings. The molecule has 0 spiro atoms. The Kier molecular flexibility index (Phi) is 8.43. The van der Waals surface area contributed by atoms with E-state index in [1.807, 2.05) is 6.92 Å². The number of rotatable bonds is 9. The summed E-state index contributed by atoms with van der Waals surface area (Å²) in [7, 11) is 4.27. The molecule has 8 heteroatoms. The summed E-state index contributed by atoms with van der Waals surface area (Å²) in [5.41, 5.74) is 0. The summed E-state index contributed by atoms with van der Waals surface area (Å²) in [6.07, 6.45) is 0.962. The van der Waals surface area contributed by atoms with Crippen molar-refractivity contribution < 1.29 is 9.69 Å². The number of hydrogen-bond donors (Lipinski definition) is 2. The molecule has 0 aliphatic rings. The first-order chi connectivity index (χ1) is 9.11. The van der Waals surface area contributed by atoms with Crippen LogP contribution < -0.4 is 10.2 Å². The van der Waals surface area contributed by atoms with E-state index in [0.29, 0.717) is 5.75 Å². The quantitative estimate of drug-likeness (QED) is 0.645. The Bertz CT molecular complexity index is 384. The van der Waals surface area contributed by atoms with Crippen LogP contribution in [0.25, 0.3) is 0 Å². The Morgan fingerprint density at radius 3 is 2.63 bits per heavy atom. The highest BCUT2D eigenvalue weighted by Gasteiger charge is 2.08. The van der Waals surface area contributed by atoms with Crippen molar-refractivity contribution in [3.63, 3.8) is 0 Å². The van der Waals surface area contributed by atoms with Gasteiger partial charge in [0, 0.05) is 12.3 Å². The Hall–Kier alpha value is -0.310. The topological polar surface area (TPSA) is 59.3 Å². The van der Waals surface area contributed by atoms with Crippen molar-refractivity contribution in [1.29, 1.82) is 0 Å². The molecule has 0 saturated heterocycles. The molecule has 0 aliphatic heterocycles. The fraction of sp³-hybridized carbons (Fsp3) is 0.727. The van der Waals surface area contributed by atoms with Crippen molar-refractivity contribution in [2.75, 3.05) is 38.7 Å². The maximum Gasteiger partial charge on any atom is 0.230 e. The Labute approximate surface area is 126 Å². The molecule has 0 saturated carbocycles. The first-order valence-electron chi connectivity index (χ1n) is 6.26. The first kappa shape index (κ1) is 16.7. The zero-order valence-electron chi connectivity index (χ0n) is 11.6. The van der Waals surface area contributed by atoms with Crippen molar-refractivity contribution in [3.8, 4) is 0 Å². The van der Waals surface area contributed by atoms with Crippen molar-refractivity contribution >= 4 is 40.8 Å². The summed E-state index contributed by atoms with van der Waals surface area (Å²) in [6, 6.07) is 0. The summed E-state index contributed by atoms with van der Waals surface area (Å²) in [6.45, 7) is 3.88. The van der Waals surface area contributed by atoms with Crippen LogP contribution in [0.15, 0.2) is 8.68 Å². The summed E-state index contributed by atoms with van der Waals surface area (Å²) in [4.78, 5) is 12.9. The first-order valence-corrected chi connectivity index (χ1v) is 9.05. The van der Waals surface area contributed by atoms with Crippen LogP contribution in [0.4, 0.5) is 0 Å². The van der Waals surface area contributed by atoms with E-state index < -0.39 is 0 Å². The highest BCUT2D eigenvalue weighted by Crippen LogP contribution is 2.28. The van der Waals surface area contributed by atoms with Crippen LogP contribution in [0.1, 0.15) is 13.3 Å². The van der Waals surface area contributed by atoms with Crippen molar-refractivity contribution in [2.24, 2.45) is 0 Å². The van der Waals surface area contributed by atoms with Gasteiger partial charge in [0.25, 0.3) is 0 Å². The molecule has 0 atom stereocenters. The molecule has 0 bridgehead atoms. The Morgan fingerprint density at radius 1 is 1.32 bits per heavy atom. The minimum atomic E-state index is 0.0625. The Morgan fingerprint density at radius 2 is 2.00 bits per heavy atom. The van der Waals surface area contributed by atoms with E-state index in [2.05, 4.69) is 29.6 Å². The van der Waals surface area contributed by atoms with Crippen molar-refractivity contribution in [1.82, 2.24) is 15.5 Å². The number of nitrogens with zero attached hydrogens (tertiary/aromatic N) is 2. The summed E-state index contributed by atoms with van der Waals surface area (Å²) < 4.78 is 1.85. The number of quaternary nitrogens is 1. The number of aromatic nitrogens is 2. The second kappa shape index (κ2) is 9.57. The fourth-order valence-electron chi connectivity index (χ4n) is 1.10. The van der Waals surface area contributed by atoms with Crippen LogP contribution >= 0.6 is 34.9 Å². The van der Waals surface area contributed by atoms with Crippen LogP contribution in [-0.2, 0) is 4.79 Å². The van der Waals surface area contributed by atoms with Crippen LogP contribution in [0.5, 0.6) is 0 Å². The Balaban J connectivity index is 2.24. The molecule has 1 rings (SSSR count). The van der Waals surface area contributed by atoms with Crippen LogP contribution in [0.2, 0.25) is 0 Å². The third kappa shape index (κ3) is 7.76. The molecule has 0 unspecified atom stereocenters. The number of amides is 1. The smallest absolute Gasteiger partial charge is 0.230 e. The van der Waals surface area contributed by atoms with Gasteiger partial charge in [0.2, 0.25) is 5.91 Å². The van der Waals surface area contributed by atoms with E-state index in [1.165, 1.54) is 16.7 Å². The van der Waals surface area contributed by atoms with E-state index in [9.17, 15) is 4.79 Å². The van der Waals surface area contributed by atoms with Crippen LogP contribution in [-0.4, -0.2) is 54.8 Å². The van der Waals surface area contributed by atoms with E-state index >= 15 is 0 Å². The minimum absolute atomic E-state index is 0.0625. The van der Waals surface area contributed by atoms with Crippen molar-refractivity contribution in [2.45, 2.75) is 22.0 Å². The van der Waals surface area contributed by atoms with Crippen LogP contribution in [0, 0.1) is 0 Å². The zero-order valence-corrected chi connectivity index (χ0v) is 14.0. The second-order valence-electron chi connectivity index (χ2n) is 4.28. The lowest BCUT2D eigenvalue weighted by Crippen LogP contribution is -3.06. The molecule has 0 aromatic carbocycles. The maximum absolute atomic E-state index is 11.4. The SMILES string of the molecule is CCCNC(=O)CSc1nnc(SCC[NH+](C)C)s1. The highest BCUT2D eigenvalue weighted by molar-refractivity contribution is 8.03. The molecule has 1 aromatic heterocycles. The normalized spacial score (nSPS) is 10.9.